The third-order valence-electron chi connectivity index (χ3n) is 6.22. The molecule has 29 heavy (non-hydrogen) atoms. The highest BCUT2D eigenvalue weighted by Crippen LogP contribution is 2.21. The van der Waals surface area contributed by atoms with Crippen LogP contribution in [0, 0.1) is 5.92 Å². The van der Waals surface area contributed by atoms with E-state index in [4.69, 9.17) is 0 Å². The number of amides is 3. The lowest BCUT2D eigenvalue weighted by atomic mass is 9.93. The minimum absolute atomic E-state index is 0.0825. The molecule has 0 aromatic heterocycles. The average molecular weight is 408 g/mol. The van der Waals surface area contributed by atoms with Gasteiger partial charge < -0.3 is 15.1 Å². The molecule has 1 aliphatic heterocycles. The second kappa shape index (κ2) is 12.9. The average Bonchev–Trinajstić information content (AvgIpc) is 2.74. The van der Waals surface area contributed by atoms with E-state index < -0.39 is 0 Å². The number of nitrogens with zero attached hydrogens (tertiary/aromatic N) is 2. The van der Waals surface area contributed by atoms with Gasteiger partial charge in [0.1, 0.15) is 0 Å². The monoisotopic (exact) mass is 407 g/mol. The maximum Gasteiger partial charge on any atom is 0.225 e. The lowest BCUT2D eigenvalue weighted by Gasteiger charge is -2.33. The summed E-state index contributed by atoms with van der Waals surface area (Å²) in [6, 6.07) is 0.322. The second-order valence-electron chi connectivity index (χ2n) is 8.76. The van der Waals surface area contributed by atoms with E-state index in [1.165, 1.54) is 19.3 Å². The molecule has 0 radical (unpaired) electrons. The van der Waals surface area contributed by atoms with Gasteiger partial charge >= 0.3 is 0 Å². The van der Waals surface area contributed by atoms with Crippen LogP contribution < -0.4 is 5.32 Å². The van der Waals surface area contributed by atoms with Crippen molar-refractivity contribution in [3.05, 3.63) is 0 Å². The van der Waals surface area contributed by atoms with Gasteiger partial charge in [-0.1, -0.05) is 33.1 Å². The van der Waals surface area contributed by atoms with Crippen LogP contribution in [0.2, 0.25) is 0 Å². The molecule has 1 heterocycles. The fraction of sp³-hybridized carbons (Fsp3) is 0.870. The first-order valence-electron chi connectivity index (χ1n) is 11.9. The molecular formula is C23H41N3O3. The summed E-state index contributed by atoms with van der Waals surface area (Å²) in [7, 11) is 0. The summed E-state index contributed by atoms with van der Waals surface area (Å²) in [4.78, 5) is 41.4. The van der Waals surface area contributed by atoms with Gasteiger partial charge in [0.25, 0.3) is 0 Å². The standard InChI is InChI=1S/C23H41N3O3/c1-3-15-25(16-4-2)21(27)13-8-14-22(28)26-17-9-10-19(18-26)23(29)24-20-11-6-5-7-12-20/h19-20H,3-18H2,1-2H3,(H,24,29). The zero-order valence-electron chi connectivity index (χ0n) is 18.6. The van der Waals surface area contributed by atoms with Crippen molar-refractivity contribution >= 4 is 17.7 Å². The highest BCUT2D eigenvalue weighted by molar-refractivity contribution is 5.82. The number of nitrogens with one attached hydrogen (secondary N) is 1. The van der Waals surface area contributed by atoms with Crippen molar-refractivity contribution in [1.29, 1.82) is 0 Å². The van der Waals surface area contributed by atoms with Crippen LogP contribution in [0.1, 0.15) is 90.9 Å². The highest BCUT2D eigenvalue weighted by Gasteiger charge is 2.29. The Morgan fingerprint density at radius 1 is 0.931 bits per heavy atom. The molecule has 166 valence electrons. The van der Waals surface area contributed by atoms with Crippen LogP contribution >= 0.6 is 0 Å². The molecule has 0 aromatic carbocycles. The molecule has 0 aromatic rings. The zero-order valence-corrected chi connectivity index (χ0v) is 18.6. The first-order valence-corrected chi connectivity index (χ1v) is 11.9. The van der Waals surface area contributed by atoms with Crippen LogP contribution in [0.25, 0.3) is 0 Å². The molecule has 2 fully saturated rings. The zero-order chi connectivity index (χ0) is 21.1. The van der Waals surface area contributed by atoms with Crippen LogP contribution in [0.15, 0.2) is 0 Å². The lowest BCUT2D eigenvalue weighted by molar-refractivity contribution is -0.136. The summed E-state index contributed by atoms with van der Waals surface area (Å²) < 4.78 is 0. The molecule has 3 amide bonds. The van der Waals surface area contributed by atoms with Gasteiger partial charge in [0.05, 0.1) is 5.92 Å². The summed E-state index contributed by atoms with van der Waals surface area (Å²) >= 11 is 0. The van der Waals surface area contributed by atoms with Crippen LogP contribution in [-0.2, 0) is 14.4 Å². The van der Waals surface area contributed by atoms with Crippen molar-refractivity contribution in [2.24, 2.45) is 5.92 Å². The smallest absolute Gasteiger partial charge is 0.225 e. The largest absolute Gasteiger partial charge is 0.353 e. The number of rotatable bonds is 10. The maximum atomic E-state index is 12.6. The third-order valence-corrected chi connectivity index (χ3v) is 6.22. The SMILES string of the molecule is CCCN(CCC)C(=O)CCCC(=O)N1CCCC(C(=O)NC2CCCCC2)C1. The Labute approximate surface area is 176 Å². The van der Waals surface area contributed by atoms with Crippen molar-refractivity contribution < 1.29 is 14.4 Å². The van der Waals surface area contributed by atoms with Gasteiger partial charge in [-0.25, -0.2) is 0 Å². The fourth-order valence-corrected chi connectivity index (χ4v) is 4.59. The molecule has 0 spiro atoms. The molecule has 1 atom stereocenters. The van der Waals surface area contributed by atoms with Gasteiger partial charge in [0.2, 0.25) is 17.7 Å². The summed E-state index contributed by atoms with van der Waals surface area (Å²) in [5, 5.41) is 3.22. The Morgan fingerprint density at radius 3 is 2.28 bits per heavy atom. The van der Waals surface area contributed by atoms with Crippen molar-refractivity contribution in [1.82, 2.24) is 15.1 Å². The van der Waals surface area contributed by atoms with Gasteiger partial charge in [-0.15, -0.1) is 0 Å². The predicted molar refractivity (Wildman–Crippen MR) is 115 cm³/mol. The third kappa shape index (κ3) is 7.98. The number of carbonyl (C=O) groups is 3. The van der Waals surface area contributed by atoms with E-state index in [1.807, 2.05) is 9.80 Å². The molecule has 6 nitrogen and oxygen atoms in total. The first kappa shape index (κ1) is 23.7. The van der Waals surface area contributed by atoms with E-state index in [0.717, 1.165) is 58.2 Å². The number of piperidine rings is 1. The molecule has 2 rings (SSSR count). The van der Waals surface area contributed by atoms with Gasteiger partial charge in [0.15, 0.2) is 0 Å². The van der Waals surface area contributed by atoms with Crippen molar-refractivity contribution in [3.8, 4) is 0 Å². The molecule has 1 unspecified atom stereocenters. The quantitative estimate of drug-likeness (QED) is 0.603. The second-order valence-corrected chi connectivity index (χ2v) is 8.76. The molecule has 1 N–H and O–H groups in total. The van der Waals surface area contributed by atoms with Crippen LogP contribution in [0.5, 0.6) is 0 Å². The van der Waals surface area contributed by atoms with Gasteiger partial charge in [-0.05, 0) is 44.9 Å². The van der Waals surface area contributed by atoms with E-state index in [-0.39, 0.29) is 23.6 Å². The molecule has 1 saturated carbocycles. The maximum absolute atomic E-state index is 12.6. The topological polar surface area (TPSA) is 69.7 Å². The predicted octanol–water partition coefficient (Wildman–Crippen LogP) is 3.49. The van der Waals surface area contributed by atoms with Crippen LogP contribution in [0.3, 0.4) is 0 Å². The number of hydrogen-bond donors (Lipinski definition) is 1. The summed E-state index contributed by atoms with van der Waals surface area (Å²) in [6.07, 6.45) is 10.9. The molecule has 0 bridgehead atoms. The van der Waals surface area contributed by atoms with E-state index in [1.54, 1.807) is 0 Å². The van der Waals surface area contributed by atoms with Crippen molar-refractivity contribution in [3.63, 3.8) is 0 Å². The van der Waals surface area contributed by atoms with Gasteiger partial charge in [-0.2, -0.15) is 0 Å². The van der Waals surface area contributed by atoms with E-state index >= 15 is 0 Å². The summed E-state index contributed by atoms with van der Waals surface area (Å²) in [6.45, 7) is 7.02. The molecular weight excluding hydrogens is 366 g/mol. The Balaban J connectivity index is 1.72. The van der Waals surface area contributed by atoms with Crippen LogP contribution in [0.4, 0.5) is 0 Å². The van der Waals surface area contributed by atoms with E-state index in [9.17, 15) is 14.4 Å². The van der Waals surface area contributed by atoms with E-state index in [0.29, 0.717) is 31.8 Å². The Hall–Kier alpha value is -1.59. The van der Waals surface area contributed by atoms with Gasteiger partial charge in [-0.3, -0.25) is 14.4 Å². The van der Waals surface area contributed by atoms with Crippen molar-refractivity contribution in [2.45, 2.75) is 96.9 Å². The lowest BCUT2D eigenvalue weighted by Crippen LogP contribution is -2.47. The number of carbonyl (C=O) groups excluding carboxylic acids is 3. The highest BCUT2D eigenvalue weighted by atomic mass is 16.2. The Kier molecular flexibility index (Phi) is 10.5. The minimum atomic E-state index is -0.0825. The summed E-state index contributed by atoms with van der Waals surface area (Å²) in [5.41, 5.74) is 0. The fourth-order valence-electron chi connectivity index (χ4n) is 4.59. The summed E-state index contributed by atoms with van der Waals surface area (Å²) in [5.74, 6) is 0.288. The minimum Gasteiger partial charge on any atom is -0.353 e. The van der Waals surface area contributed by atoms with Gasteiger partial charge in [0, 0.05) is 45.1 Å². The number of hydrogen-bond acceptors (Lipinski definition) is 3. The van der Waals surface area contributed by atoms with Crippen LogP contribution in [-0.4, -0.2) is 59.7 Å². The molecule has 6 heteroatoms. The Bertz CT molecular complexity index is 525. The first-order chi connectivity index (χ1) is 14.0. The van der Waals surface area contributed by atoms with Crippen molar-refractivity contribution in [2.75, 3.05) is 26.2 Å². The van der Waals surface area contributed by atoms with E-state index in [2.05, 4.69) is 19.2 Å². The number of likely N-dealkylation sites (tertiary alicyclic amines) is 1. The molecule has 2 aliphatic rings. The molecule has 1 aliphatic carbocycles. The molecule has 1 saturated heterocycles. The normalized spacial score (nSPS) is 20.3. The Morgan fingerprint density at radius 2 is 1.62 bits per heavy atom.